The minimum absolute atomic E-state index is 0.0216. The summed E-state index contributed by atoms with van der Waals surface area (Å²) >= 11 is 0. The molecule has 32 heavy (non-hydrogen) atoms. The van der Waals surface area contributed by atoms with Crippen LogP contribution in [0.5, 0.6) is 11.5 Å². The maximum atomic E-state index is 15.3. The van der Waals surface area contributed by atoms with Gasteiger partial charge in [0.1, 0.15) is 16.9 Å². The largest absolute Gasteiger partial charge is 0.573 e. The van der Waals surface area contributed by atoms with E-state index in [0.717, 1.165) is 25.0 Å². The summed E-state index contributed by atoms with van der Waals surface area (Å²) in [5.41, 5.74) is 0.243. The number of phenols is 1. The molecule has 1 aliphatic carbocycles. The fourth-order valence-corrected chi connectivity index (χ4v) is 4.42. The predicted molar refractivity (Wildman–Crippen MR) is 108 cm³/mol. The number of ether oxygens (including phenoxy) is 1. The third-order valence-electron chi connectivity index (χ3n) is 5.99. The topological polar surface area (TPSA) is 58.6 Å². The highest BCUT2D eigenvalue weighted by atomic mass is 19.4. The number of phenolic OH excluding ortho intramolecular Hbond substituents is 1. The number of amides is 1. The molecule has 4 nitrogen and oxygen atoms in total. The number of carbonyl (C=O) groups excluding carboxylic acids is 1. The van der Waals surface area contributed by atoms with Crippen LogP contribution in [0.4, 0.5) is 23.2 Å². The van der Waals surface area contributed by atoms with Crippen LogP contribution in [-0.2, 0) is 10.2 Å². The number of hydrogen-bond acceptors (Lipinski definition) is 3. The van der Waals surface area contributed by atoms with E-state index in [-0.39, 0.29) is 17.4 Å². The third-order valence-corrected chi connectivity index (χ3v) is 5.99. The highest BCUT2D eigenvalue weighted by molar-refractivity contribution is 6.11. The highest BCUT2D eigenvalue weighted by Gasteiger charge is 2.51. The van der Waals surface area contributed by atoms with Crippen molar-refractivity contribution in [1.82, 2.24) is 0 Å². The molecule has 5 rings (SSSR count). The summed E-state index contributed by atoms with van der Waals surface area (Å²) in [6.07, 6.45) is -3.09. The Labute approximate surface area is 180 Å². The van der Waals surface area contributed by atoms with Crippen LogP contribution in [0.25, 0.3) is 0 Å². The molecule has 2 aliphatic rings. The molecule has 1 saturated carbocycles. The van der Waals surface area contributed by atoms with Gasteiger partial charge in [0.25, 0.3) is 0 Å². The van der Waals surface area contributed by atoms with E-state index in [1.165, 1.54) is 36.4 Å². The molecule has 1 aliphatic heterocycles. The van der Waals surface area contributed by atoms with Crippen LogP contribution in [0.3, 0.4) is 0 Å². The number of carbonyl (C=O) groups is 1. The van der Waals surface area contributed by atoms with Crippen molar-refractivity contribution in [3.05, 3.63) is 88.7 Å². The standard InChI is InChI=1S/C24H17F4NO3/c25-20-18(13-1-2-13)11-12-19-21(20)29-22(31)23(19,14-3-7-16(30)8-4-14)15-5-9-17(10-6-15)32-24(26,27)28/h3-13,30H,1-2H2,(H,29,31). The minimum atomic E-state index is -4.85. The van der Waals surface area contributed by atoms with Crippen molar-refractivity contribution in [2.45, 2.75) is 30.5 Å². The molecule has 1 amide bonds. The van der Waals surface area contributed by atoms with Gasteiger partial charge in [0.15, 0.2) is 5.82 Å². The molecule has 2 N–H and O–H groups in total. The fraction of sp³-hybridized carbons (Fsp3) is 0.208. The van der Waals surface area contributed by atoms with Gasteiger partial charge in [-0.05, 0) is 59.7 Å². The molecule has 0 bridgehead atoms. The molecule has 164 valence electrons. The van der Waals surface area contributed by atoms with Gasteiger partial charge in [-0.15, -0.1) is 13.2 Å². The fourth-order valence-electron chi connectivity index (χ4n) is 4.42. The zero-order valence-electron chi connectivity index (χ0n) is 16.5. The molecule has 1 unspecified atom stereocenters. The lowest BCUT2D eigenvalue weighted by molar-refractivity contribution is -0.274. The smallest absolute Gasteiger partial charge is 0.508 e. The van der Waals surface area contributed by atoms with Crippen molar-refractivity contribution in [2.75, 3.05) is 5.32 Å². The number of nitrogens with one attached hydrogen (secondary N) is 1. The van der Waals surface area contributed by atoms with Crippen LogP contribution in [0, 0.1) is 5.82 Å². The van der Waals surface area contributed by atoms with Gasteiger partial charge in [-0.2, -0.15) is 0 Å². The monoisotopic (exact) mass is 443 g/mol. The minimum Gasteiger partial charge on any atom is -0.508 e. The number of rotatable bonds is 4. The molecule has 3 aromatic rings. The van der Waals surface area contributed by atoms with Gasteiger partial charge in [0.2, 0.25) is 5.91 Å². The SMILES string of the molecule is O=C1Nc2c(ccc(C3CC3)c2F)C1(c1ccc(O)cc1)c1ccc(OC(F)(F)F)cc1. The normalized spacial score (nSPS) is 20.1. The summed E-state index contributed by atoms with van der Waals surface area (Å²) in [6.45, 7) is 0. The average molecular weight is 443 g/mol. The Hall–Kier alpha value is -3.55. The molecule has 1 fully saturated rings. The number of anilines is 1. The van der Waals surface area contributed by atoms with Crippen LogP contribution >= 0.6 is 0 Å². The predicted octanol–water partition coefficient (Wildman–Crippen LogP) is 5.59. The third kappa shape index (κ3) is 3.18. The molecular formula is C24H17F4NO3. The first kappa shape index (κ1) is 20.4. The van der Waals surface area contributed by atoms with Crippen molar-refractivity contribution in [2.24, 2.45) is 0 Å². The summed E-state index contributed by atoms with van der Waals surface area (Å²) in [6, 6.07) is 14.2. The quantitative estimate of drug-likeness (QED) is 0.517. The zero-order valence-corrected chi connectivity index (χ0v) is 16.5. The van der Waals surface area contributed by atoms with Crippen LogP contribution in [0.15, 0.2) is 60.7 Å². The van der Waals surface area contributed by atoms with E-state index in [4.69, 9.17) is 0 Å². The molecule has 8 heteroatoms. The molecule has 0 saturated heterocycles. The second kappa shape index (κ2) is 6.98. The van der Waals surface area contributed by atoms with Gasteiger partial charge in [-0.3, -0.25) is 4.79 Å². The van der Waals surface area contributed by atoms with E-state index in [9.17, 15) is 23.1 Å². The van der Waals surface area contributed by atoms with Crippen molar-refractivity contribution >= 4 is 11.6 Å². The van der Waals surface area contributed by atoms with Gasteiger partial charge in [-0.25, -0.2) is 4.39 Å². The average Bonchev–Trinajstić information content (AvgIpc) is 3.52. The molecule has 0 spiro atoms. The second-order valence-electron chi connectivity index (χ2n) is 7.99. The molecule has 1 heterocycles. The Kier molecular flexibility index (Phi) is 4.44. The van der Waals surface area contributed by atoms with Crippen LogP contribution in [0.2, 0.25) is 0 Å². The van der Waals surface area contributed by atoms with E-state index in [1.807, 2.05) is 0 Å². The highest BCUT2D eigenvalue weighted by Crippen LogP contribution is 2.52. The van der Waals surface area contributed by atoms with Gasteiger partial charge < -0.3 is 15.2 Å². The lowest BCUT2D eigenvalue weighted by atomic mass is 9.70. The number of halogens is 4. The summed E-state index contributed by atoms with van der Waals surface area (Å²) < 4.78 is 57.0. The van der Waals surface area contributed by atoms with E-state index in [1.54, 1.807) is 12.1 Å². The number of fused-ring (bicyclic) bond motifs is 1. The van der Waals surface area contributed by atoms with Crippen molar-refractivity contribution in [3.8, 4) is 11.5 Å². The number of benzene rings is 3. The van der Waals surface area contributed by atoms with Crippen molar-refractivity contribution in [3.63, 3.8) is 0 Å². The Morgan fingerprint density at radius 1 is 0.938 bits per heavy atom. The molecule has 0 aromatic heterocycles. The first-order chi connectivity index (χ1) is 15.2. The lowest BCUT2D eigenvalue weighted by Gasteiger charge is -2.29. The Morgan fingerprint density at radius 2 is 1.53 bits per heavy atom. The summed E-state index contributed by atoms with van der Waals surface area (Å²) in [4.78, 5) is 13.5. The first-order valence-corrected chi connectivity index (χ1v) is 10.0. The molecular weight excluding hydrogens is 426 g/mol. The zero-order chi connectivity index (χ0) is 22.7. The maximum absolute atomic E-state index is 15.3. The van der Waals surface area contributed by atoms with Crippen molar-refractivity contribution < 1.29 is 32.2 Å². The molecule has 0 radical (unpaired) electrons. The first-order valence-electron chi connectivity index (χ1n) is 10.0. The van der Waals surface area contributed by atoms with Gasteiger partial charge in [0, 0.05) is 5.56 Å². The van der Waals surface area contributed by atoms with E-state index < -0.39 is 29.3 Å². The van der Waals surface area contributed by atoms with Gasteiger partial charge >= 0.3 is 6.36 Å². The maximum Gasteiger partial charge on any atom is 0.573 e. The second-order valence-corrected chi connectivity index (χ2v) is 7.99. The van der Waals surface area contributed by atoms with Crippen LogP contribution in [0.1, 0.15) is 41.0 Å². The summed E-state index contributed by atoms with van der Waals surface area (Å²) in [5.74, 6) is -1.35. The lowest BCUT2D eigenvalue weighted by Crippen LogP contribution is -2.37. The van der Waals surface area contributed by atoms with Crippen molar-refractivity contribution in [1.29, 1.82) is 0 Å². The molecule has 1 atom stereocenters. The van der Waals surface area contributed by atoms with Crippen LogP contribution < -0.4 is 10.1 Å². The number of aromatic hydroxyl groups is 1. The van der Waals surface area contributed by atoms with Gasteiger partial charge in [0.05, 0.1) is 5.69 Å². The number of hydrogen-bond donors (Lipinski definition) is 2. The van der Waals surface area contributed by atoms with E-state index >= 15 is 4.39 Å². The van der Waals surface area contributed by atoms with Gasteiger partial charge in [-0.1, -0.05) is 36.4 Å². The molecule has 3 aromatic carbocycles. The Balaban J connectivity index is 1.70. The van der Waals surface area contributed by atoms with E-state index in [0.29, 0.717) is 22.3 Å². The van der Waals surface area contributed by atoms with E-state index in [2.05, 4.69) is 10.1 Å². The summed E-state index contributed by atoms with van der Waals surface area (Å²) in [7, 11) is 0. The Bertz CT molecular complexity index is 1200. The Morgan fingerprint density at radius 3 is 2.09 bits per heavy atom. The van der Waals surface area contributed by atoms with Crippen LogP contribution in [-0.4, -0.2) is 17.4 Å². The number of alkyl halides is 3. The summed E-state index contributed by atoms with van der Waals surface area (Å²) in [5, 5.41) is 12.4.